The molecule has 1 heterocycles. The molecule has 2 nitrogen and oxygen atoms in total. The molecule has 21 heavy (non-hydrogen) atoms. The van der Waals surface area contributed by atoms with Gasteiger partial charge in [-0.2, -0.15) is 0 Å². The Kier molecular flexibility index (Phi) is 3.52. The maximum absolute atomic E-state index is 5.73. The quantitative estimate of drug-likeness (QED) is 0.677. The average molecular weight is 294 g/mol. The number of hydrogen-bond donors (Lipinski definition) is 1. The van der Waals surface area contributed by atoms with E-state index in [2.05, 4.69) is 38.3 Å². The van der Waals surface area contributed by atoms with Gasteiger partial charge in [-0.1, -0.05) is 6.07 Å². The molecule has 106 valence electrons. The highest BCUT2D eigenvalue weighted by molar-refractivity contribution is 7.13. The third-order valence-corrected chi connectivity index (χ3v) is 4.67. The number of aromatic nitrogens is 1. The smallest absolute Gasteiger partial charge is 0.124 e. The Morgan fingerprint density at radius 3 is 2.29 bits per heavy atom. The molecule has 3 heteroatoms. The van der Waals surface area contributed by atoms with Gasteiger partial charge in [-0.15, -0.1) is 11.3 Å². The topological polar surface area (TPSA) is 38.9 Å². The molecule has 2 aromatic carbocycles. The zero-order valence-corrected chi connectivity index (χ0v) is 13.3. The number of anilines is 1. The summed E-state index contributed by atoms with van der Waals surface area (Å²) in [6.45, 7) is 6.43. The summed E-state index contributed by atoms with van der Waals surface area (Å²) >= 11 is 1.67. The summed E-state index contributed by atoms with van der Waals surface area (Å²) in [4.78, 5) is 4.79. The minimum atomic E-state index is 0.778. The van der Waals surface area contributed by atoms with Gasteiger partial charge in [0.15, 0.2) is 0 Å². The first kappa shape index (κ1) is 13.8. The zero-order valence-electron chi connectivity index (χ0n) is 12.5. The molecule has 0 fully saturated rings. The Labute approximate surface area is 129 Å². The van der Waals surface area contributed by atoms with Gasteiger partial charge < -0.3 is 5.73 Å². The van der Waals surface area contributed by atoms with Gasteiger partial charge in [0, 0.05) is 22.2 Å². The molecule has 0 bridgehead atoms. The number of nitrogen functional groups attached to an aromatic ring is 1. The fourth-order valence-corrected chi connectivity index (χ4v) is 3.22. The summed E-state index contributed by atoms with van der Waals surface area (Å²) in [5.74, 6) is 0. The third kappa shape index (κ3) is 2.69. The lowest BCUT2D eigenvalue weighted by Gasteiger charge is -2.07. The Balaban J connectivity index is 2.02. The monoisotopic (exact) mass is 294 g/mol. The standard InChI is InChI=1S/C18H18N2S/c1-11-8-13(3)16(9-12(11)2)17-10-21-18(20-17)14-4-6-15(19)7-5-14/h4-10H,19H2,1-3H3. The van der Waals surface area contributed by atoms with E-state index in [1.165, 1.54) is 22.3 Å². The minimum absolute atomic E-state index is 0.778. The summed E-state index contributed by atoms with van der Waals surface area (Å²) in [6.07, 6.45) is 0. The maximum atomic E-state index is 5.73. The first-order chi connectivity index (χ1) is 10.0. The third-order valence-electron chi connectivity index (χ3n) is 3.78. The van der Waals surface area contributed by atoms with Gasteiger partial charge >= 0.3 is 0 Å². The van der Waals surface area contributed by atoms with Gasteiger partial charge in [-0.25, -0.2) is 4.98 Å². The van der Waals surface area contributed by atoms with Crippen molar-refractivity contribution in [1.82, 2.24) is 4.98 Å². The van der Waals surface area contributed by atoms with Crippen molar-refractivity contribution in [3.05, 3.63) is 58.5 Å². The van der Waals surface area contributed by atoms with Crippen molar-refractivity contribution in [2.75, 3.05) is 5.73 Å². The maximum Gasteiger partial charge on any atom is 0.124 e. The molecular weight excluding hydrogens is 276 g/mol. The molecule has 0 saturated carbocycles. The number of thiazole rings is 1. The normalized spacial score (nSPS) is 10.8. The van der Waals surface area contributed by atoms with Crippen LogP contribution >= 0.6 is 11.3 Å². The van der Waals surface area contributed by atoms with Gasteiger partial charge in [-0.05, 0) is 67.8 Å². The zero-order chi connectivity index (χ0) is 15.0. The number of nitrogens with two attached hydrogens (primary N) is 1. The molecule has 3 rings (SSSR count). The highest BCUT2D eigenvalue weighted by atomic mass is 32.1. The van der Waals surface area contributed by atoms with E-state index in [0.717, 1.165) is 22.0 Å². The average Bonchev–Trinajstić information content (AvgIpc) is 2.93. The van der Waals surface area contributed by atoms with Crippen LogP contribution in [-0.2, 0) is 0 Å². The van der Waals surface area contributed by atoms with E-state index in [1.807, 2.05) is 24.3 Å². The molecule has 0 saturated heterocycles. The van der Waals surface area contributed by atoms with Crippen LogP contribution in [0.2, 0.25) is 0 Å². The lowest BCUT2D eigenvalue weighted by Crippen LogP contribution is -1.89. The van der Waals surface area contributed by atoms with Crippen LogP contribution in [0.25, 0.3) is 21.8 Å². The van der Waals surface area contributed by atoms with Gasteiger partial charge in [-0.3, -0.25) is 0 Å². The molecule has 0 amide bonds. The molecule has 0 aliphatic heterocycles. The van der Waals surface area contributed by atoms with Crippen LogP contribution in [0.15, 0.2) is 41.8 Å². The van der Waals surface area contributed by atoms with E-state index in [9.17, 15) is 0 Å². The summed E-state index contributed by atoms with van der Waals surface area (Å²) < 4.78 is 0. The number of aryl methyl sites for hydroxylation is 3. The summed E-state index contributed by atoms with van der Waals surface area (Å²) in [5, 5.41) is 3.16. The van der Waals surface area contributed by atoms with E-state index >= 15 is 0 Å². The predicted octanol–water partition coefficient (Wildman–Crippen LogP) is 4.98. The first-order valence-corrected chi connectivity index (χ1v) is 7.82. The van der Waals surface area contributed by atoms with Crippen LogP contribution in [-0.4, -0.2) is 4.98 Å². The number of hydrogen-bond acceptors (Lipinski definition) is 3. The van der Waals surface area contributed by atoms with Crippen molar-refractivity contribution < 1.29 is 0 Å². The van der Waals surface area contributed by atoms with Crippen molar-refractivity contribution in [1.29, 1.82) is 0 Å². The van der Waals surface area contributed by atoms with Crippen molar-refractivity contribution in [2.45, 2.75) is 20.8 Å². The van der Waals surface area contributed by atoms with Gasteiger partial charge in [0.05, 0.1) is 5.69 Å². The Hall–Kier alpha value is -2.13. The van der Waals surface area contributed by atoms with E-state index in [0.29, 0.717) is 0 Å². The summed E-state index contributed by atoms with van der Waals surface area (Å²) in [6, 6.07) is 12.3. The number of rotatable bonds is 2. The fraction of sp³-hybridized carbons (Fsp3) is 0.167. The molecule has 0 atom stereocenters. The Bertz CT molecular complexity index is 785. The molecule has 0 radical (unpaired) electrons. The molecule has 0 spiro atoms. The second-order valence-corrected chi connectivity index (χ2v) is 6.27. The molecule has 2 N–H and O–H groups in total. The predicted molar refractivity (Wildman–Crippen MR) is 91.6 cm³/mol. The summed E-state index contributed by atoms with van der Waals surface area (Å²) in [7, 11) is 0. The second-order valence-electron chi connectivity index (χ2n) is 5.41. The van der Waals surface area contributed by atoms with Crippen molar-refractivity contribution >= 4 is 17.0 Å². The minimum Gasteiger partial charge on any atom is -0.399 e. The molecule has 0 aliphatic rings. The molecule has 0 aliphatic carbocycles. The number of benzene rings is 2. The van der Waals surface area contributed by atoms with E-state index in [4.69, 9.17) is 10.7 Å². The largest absolute Gasteiger partial charge is 0.399 e. The molecule has 3 aromatic rings. The van der Waals surface area contributed by atoms with Gasteiger partial charge in [0.2, 0.25) is 0 Å². The lowest BCUT2D eigenvalue weighted by atomic mass is 9.99. The molecular formula is C18H18N2S. The highest BCUT2D eigenvalue weighted by Crippen LogP contribution is 2.31. The number of nitrogens with zero attached hydrogens (tertiary/aromatic N) is 1. The fourth-order valence-electron chi connectivity index (χ4n) is 2.39. The van der Waals surface area contributed by atoms with Gasteiger partial charge in [0.1, 0.15) is 5.01 Å². The van der Waals surface area contributed by atoms with Gasteiger partial charge in [0.25, 0.3) is 0 Å². The summed E-state index contributed by atoms with van der Waals surface area (Å²) in [5.41, 5.74) is 13.8. The van der Waals surface area contributed by atoms with Crippen LogP contribution in [0.4, 0.5) is 5.69 Å². The van der Waals surface area contributed by atoms with E-state index in [1.54, 1.807) is 11.3 Å². The molecule has 1 aromatic heterocycles. The van der Waals surface area contributed by atoms with Crippen molar-refractivity contribution in [3.63, 3.8) is 0 Å². The van der Waals surface area contributed by atoms with E-state index in [-0.39, 0.29) is 0 Å². The van der Waals surface area contributed by atoms with Crippen LogP contribution < -0.4 is 5.73 Å². The van der Waals surface area contributed by atoms with E-state index < -0.39 is 0 Å². The van der Waals surface area contributed by atoms with Crippen molar-refractivity contribution in [3.8, 4) is 21.8 Å². The first-order valence-electron chi connectivity index (χ1n) is 6.94. The van der Waals surface area contributed by atoms with Crippen LogP contribution in [0.5, 0.6) is 0 Å². The van der Waals surface area contributed by atoms with Crippen LogP contribution in [0.1, 0.15) is 16.7 Å². The lowest BCUT2D eigenvalue weighted by molar-refractivity contribution is 1.28. The SMILES string of the molecule is Cc1cc(C)c(-c2csc(-c3ccc(N)cc3)n2)cc1C. The second kappa shape index (κ2) is 5.34. The Morgan fingerprint density at radius 2 is 1.57 bits per heavy atom. The molecule has 0 unspecified atom stereocenters. The van der Waals surface area contributed by atoms with Crippen LogP contribution in [0, 0.1) is 20.8 Å². The Morgan fingerprint density at radius 1 is 0.905 bits per heavy atom. The van der Waals surface area contributed by atoms with Crippen LogP contribution in [0.3, 0.4) is 0 Å². The van der Waals surface area contributed by atoms with Crippen molar-refractivity contribution in [2.24, 2.45) is 0 Å². The highest BCUT2D eigenvalue weighted by Gasteiger charge is 2.10.